The summed E-state index contributed by atoms with van der Waals surface area (Å²) in [6, 6.07) is 10.7. The quantitative estimate of drug-likeness (QED) is 0.551. The lowest BCUT2D eigenvalue weighted by Crippen LogP contribution is -2.20. The molecule has 2 aromatic carbocycles. The predicted octanol–water partition coefficient (Wildman–Crippen LogP) is 4.46. The fraction of sp³-hybridized carbons (Fsp3) is 0.167. The molecule has 0 unspecified atom stereocenters. The SMILES string of the molecule is COc1cc(NC(=S)Nc2ncn(Cc3ccc(Cl)cc3Cl)n2)cc(OC)c1. The lowest BCUT2D eigenvalue weighted by molar-refractivity contribution is 0.395. The molecule has 0 aliphatic rings. The standard InChI is InChI=1S/C18H17Cl2N5O2S/c1-26-14-6-13(7-15(8-14)27-2)22-18(28)23-17-21-10-25(24-17)9-11-3-4-12(19)5-16(11)20/h3-8,10H,9H2,1-2H3,(H2,22,23,24,28). The number of nitrogens with one attached hydrogen (secondary N) is 2. The molecule has 0 saturated carbocycles. The second-order valence-corrected chi connectivity index (χ2v) is 6.93. The van der Waals surface area contributed by atoms with Gasteiger partial charge < -0.3 is 14.8 Å². The Bertz CT molecular complexity index is 974. The number of methoxy groups -OCH3 is 2. The van der Waals surface area contributed by atoms with Gasteiger partial charge in [-0.25, -0.2) is 9.67 Å². The molecule has 3 rings (SSSR count). The predicted molar refractivity (Wildman–Crippen MR) is 115 cm³/mol. The number of halogens is 2. The number of nitrogens with zero attached hydrogens (tertiary/aromatic N) is 3. The van der Waals surface area contributed by atoms with Crippen molar-refractivity contribution in [1.82, 2.24) is 14.8 Å². The maximum Gasteiger partial charge on any atom is 0.248 e. The van der Waals surface area contributed by atoms with Gasteiger partial charge in [0.1, 0.15) is 17.8 Å². The third-order valence-corrected chi connectivity index (χ3v) is 4.51. The van der Waals surface area contributed by atoms with Crippen molar-refractivity contribution in [2.75, 3.05) is 24.9 Å². The maximum atomic E-state index is 6.20. The van der Waals surface area contributed by atoms with Crippen molar-refractivity contribution in [3.63, 3.8) is 0 Å². The number of benzene rings is 2. The highest BCUT2D eigenvalue weighted by atomic mass is 35.5. The van der Waals surface area contributed by atoms with Gasteiger partial charge in [-0.05, 0) is 29.9 Å². The molecule has 1 aromatic heterocycles. The summed E-state index contributed by atoms with van der Waals surface area (Å²) in [6.45, 7) is 0.456. The van der Waals surface area contributed by atoms with Gasteiger partial charge in [0.2, 0.25) is 5.95 Å². The average Bonchev–Trinajstić information content (AvgIpc) is 3.10. The highest BCUT2D eigenvalue weighted by Crippen LogP contribution is 2.26. The molecule has 0 aliphatic carbocycles. The molecule has 0 bridgehead atoms. The van der Waals surface area contributed by atoms with Crippen molar-refractivity contribution in [2.24, 2.45) is 0 Å². The minimum absolute atomic E-state index is 0.331. The minimum atomic E-state index is 0.331. The molecular weight excluding hydrogens is 421 g/mol. The van der Waals surface area contributed by atoms with E-state index in [1.165, 1.54) is 0 Å². The maximum absolute atomic E-state index is 6.20. The number of aromatic nitrogens is 3. The summed E-state index contributed by atoms with van der Waals surface area (Å²) < 4.78 is 12.1. The molecule has 3 aromatic rings. The van der Waals surface area contributed by atoms with Crippen molar-refractivity contribution >= 4 is 52.2 Å². The molecule has 0 amide bonds. The Morgan fingerprint density at radius 2 is 1.79 bits per heavy atom. The monoisotopic (exact) mass is 437 g/mol. The van der Waals surface area contributed by atoms with Crippen LogP contribution in [0.5, 0.6) is 11.5 Å². The zero-order chi connectivity index (χ0) is 20.1. The summed E-state index contributed by atoms with van der Waals surface area (Å²) in [5.74, 6) is 1.65. The van der Waals surface area contributed by atoms with Crippen LogP contribution in [-0.2, 0) is 6.54 Å². The smallest absolute Gasteiger partial charge is 0.248 e. The number of hydrogen-bond donors (Lipinski definition) is 2. The third-order valence-electron chi connectivity index (χ3n) is 3.72. The topological polar surface area (TPSA) is 73.2 Å². The number of ether oxygens (including phenoxy) is 2. The highest BCUT2D eigenvalue weighted by molar-refractivity contribution is 7.80. The van der Waals surface area contributed by atoms with E-state index in [0.29, 0.717) is 44.8 Å². The zero-order valence-electron chi connectivity index (χ0n) is 15.1. The average molecular weight is 438 g/mol. The Hall–Kier alpha value is -2.55. The van der Waals surface area contributed by atoms with Crippen molar-refractivity contribution in [2.45, 2.75) is 6.54 Å². The Morgan fingerprint density at radius 1 is 1.07 bits per heavy atom. The van der Waals surface area contributed by atoms with E-state index in [2.05, 4.69) is 20.7 Å². The van der Waals surface area contributed by atoms with Crippen molar-refractivity contribution in [1.29, 1.82) is 0 Å². The largest absolute Gasteiger partial charge is 0.497 e. The van der Waals surface area contributed by atoms with Crippen LogP contribution in [0.15, 0.2) is 42.7 Å². The molecule has 2 N–H and O–H groups in total. The summed E-state index contributed by atoms with van der Waals surface area (Å²) in [5.41, 5.74) is 1.59. The van der Waals surface area contributed by atoms with E-state index < -0.39 is 0 Å². The second kappa shape index (κ2) is 9.09. The minimum Gasteiger partial charge on any atom is -0.497 e. The third kappa shape index (κ3) is 5.25. The lowest BCUT2D eigenvalue weighted by atomic mass is 10.2. The van der Waals surface area contributed by atoms with Crippen molar-refractivity contribution < 1.29 is 9.47 Å². The molecule has 146 valence electrons. The first kappa shape index (κ1) is 20.2. The fourth-order valence-corrected chi connectivity index (χ4v) is 3.07. The first-order valence-electron chi connectivity index (χ1n) is 8.11. The van der Waals surface area contributed by atoms with Crippen LogP contribution in [0.25, 0.3) is 0 Å². The Labute approximate surface area is 177 Å². The van der Waals surface area contributed by atoms with Gasteiger partial charge in [0.25, 0.3) is 0 Å². The van der Waals surface area contributed by atoms with Crippen molar-refractivity contribution in [3.05, 3.63) is 58.3 Å². The van der Waals surface area contributed by atoms with Gasteiger partial charge in [-0.1, -0.05) is 29.3 Å². The van der Waals surface area contributed by atoms with E-state index in [-0.39, 0.29) is 0 Å². The van der Waals surface area contributed by atoms with Gasteiger partial charge in [-0.2, -0.15) is 0 Å². The van der Waals surface area contributed by atoms with E-state index in [1.807, 2.05) is 6.07 Å². The van der Waals surface area contributed by atoms with E-state index in [9.17, 15) is 0 Å². The molecule has 0 spiro atoms. The van der Waals surface area contributed by atoms with Crippen LogP contribution in [0, 0.1) is 0 Å². The Morgan fingerprint density at radius 3 is 2.43 bits per heavy atom. The number of rotatable bonds is 6. The Kier molecular flexibility index (Phi) is 6.56. The second-order valence-electron chi connectivity index (χ2n) is 5.68. The summed E-state index contributed by atoms with van der Waals surface area (Å²) in [7, 11) is 3.16. The van der Waals surface area contributed by atoms with Gasteiger partial charge in [-0.15, -0.1) is 5.10 Å². The van der Waals surface area contributed by atoms with Crippen LogP contribution in [0.1, 0.15) is 5.56 Å². The molecule has 28 heavy (non-hydrogen) atoms. The molecule has 10 heteroatoms. The van der Waals surface area contributed by atoms with Gasteiger partial charge in [-0.3, -0.25) is 5.32 Å². The molecule has 0 fully saturated rings. The van der Waals surface area contributed by atoms with Crippen LogP contribution >= 0.6 is 35.4 Å². The highest BCUT2D eigenvalue weighted by Gasteiger charge is 2.08. The normalized spacial score (nSPS) is 10.4. The van der Waals surface area contributed by atoms with Gasteiger partial charge >= 0.3 is 0 Å². The first-order valence-corrected chi connectivity index (χ1v) is 9.27. The Balaban J connectivity index is 1.64. The summed E-state index contributed by atoms with van der Waals surface area (Å²) in [6.07, 6.45) is 1.59. The van der Waals surface area contributed by atoms with Crippen LogP contribution < -0.4 is 20.1 Å². The lowest BCUT2D eigenvalue weighted by Gasteiger charge is -2.11. The molecule has 1 heterocycles. The van der Waals surface area contributed by atoms with Gasteiger partial charge in [0.15, 0.2) is 5.11 Å². The molecule has 7 nitrogen and oxygen atoms in total. The van der Waals surface area contributed by atoms with Crippen LogP contribution in [0.3, 0.4) is 0 Å². The van der Waals surface area contributed by atoms with Crippen molar-refractivity contribution in [3.8, 4) is 11.5 Å². The molecule has 0 saturated heterocycles. The first-order chi connectivity index (χ1) is 13.5. The molecule has 0 atom stereocenters. The number of anilines is 2. The van der Waals surface area contributed by atoms with E-state index in [0.717, 1.165) is 5.56 Å². The van der Waals surface area contributed by atoms with Crippen LogP contribution in [0.2, 0.25) is 10.0 Å². The number of thiocarbonyl (C=S) groups is 1. The van der Waals surface area contributed by atoms with Crippen LogP contribution in [-0.4, -0.2) is 34.1 Å². The zero-order valence-corrected chi connectivity index (χ0v) is 17.4. The number of hydrogen-bond acceptors (Lipinski definition) is 5. The van der Waals surface area contributed by atoms with Gasteiger partial charge in [0, 0.05) is 33.9 Å². The molecule has 0 aliphatic heterocycles. The summed E-state index contributed by atoms with van der Waals surface area (Å²) in [4.78, 5) is 4.20. The molecular formula is C18H17Cl2N5O2S. The van der Waals surface area contributed by atoms with Gasteiger partial charge in [0.05, 0.1) is 20.8 Å². The molecule has 0 radical (unpaired) electrons. The fourth-order valence-electron chi connectivity index (χ4n) is 2.40. The van der Waals surface area contributed by atoms with Crippen LogP contribution in [0.4, 0.5) is 11.6 Å². The van der Waals surface area contributed by atoms with E-state index in [4.69, 9.17) is 44.9 Å². The summed E-state index contributed by atoms with van der Waals surface area (Å²) >= 11 is 17.4. The van der Waals surface area contributed by atoms with E-state index in [1.54, 1.807) is 55.6 Å². The summed E-state index contributed by atoms with van der Waals surface area (Å²) in [5, 5.41) is 11.8. The van der Waals surface area contributed by atoms with E-state index >= 15 is 0 Å².